The van der Waals surface area contributed by atoms with Crippen LogP contribution in [0, 0.1) is 0 Å². The summed E-state index contributed by atoms with van der Waals surface area (Å²) < 4.78 is 29.2. The lowest BCUT2D eigenvalue weighted by Crippen LogP contribution is -2.29. The van der Waals surface area contributed by atoms with Gasteiger partial charge in [0.05, 0.1) is 10.5 Å². The van der Waals surface area contributed by atoms with Gasteiger partial charge < -0.3 is 4.74 Å². The molecular weight excluding hydrogens is 352 g/mol. The van der Waals surface area contributed by atoms with E-state index in [2.05, 4.69) is 0 Å². The minimum atomic E-state index is -3.31. The van der Waals surface area contributed by atoms with Crippen molar-refractivity contribution in [2.45, 2.75) is 24.3 Å². The molecule has 0 aromatic heterocycles. The maximum atomic E-state index is 12.8. The molecule has 3 rings (SSSR count). The molecule has 1 aliphatic rings. The molecule has 26 heavy (non-hydrogen) atoms. The predicted octanol–water partition coefficient (Wildman–Crippen LogP) is 3.15. The van der Waals surface area contributed by atoms with E-state index in [1.54, 1.807) is 50.2 Å². The molecule has 2 aromatic carbocycles. The second kappa shape index (κ2) is 6.21. The minimum absolute atomic E-state index is 0.168. The average molecular weight is 370 g/mol. The lowest BCUT2D eigenvalue weighted by atomic mass is 9.92. The van der Waals surface area contributed by atoms with E-state index in [1.165, 1.54) is 12.1 Å². The Morgan fingerprint density at radius 1 is 0.923 bits per heavy atom. The average Bonchev–Trinajstić information content (AvgIpc) is 2.84. The van der Waals surface area contributed by atoms with Crippen molar-refractivity contribution in [3.8, 4) is 0 Å². The molecule has 0 radical (unpaired) electrons. The predicted molar refractivity (Wildman–Crippen MR) is 98.4 cm³/mol. The van der Waals surface area contributed by atoms with Crippen molar-refractivity contribution in [1.82, 2.24) is 0 Å². The Morgan fingerprint density at radius 3 is 1.96 bits per heavy atom. The van der Waals surface area contributed by atoms with Crippen LogP contribution in [0.2, 0.25) is 0 Å². The molecular formula is C20H18O5S. The van der Waals surface area contributed by atoms with Gasteiger partial charge in [-0.15, -0.1) is 0 Å². The Balaban J connectivity index is 2.14. The number of hydrogen-bond acceptors (Lipinski definition) is 5. The third kappa shape index (κ3) is 3.20. The lowest BCUT2D eigenvalue weighted by Gasteiger charge is -2.17. The van der Waals surface area contributed by atoms with Crippen molar-refractivity contribution in [3.05, 3.63) is 65.2 Å². The third-order valence-corrected chi connectivity index (χ3v) is 5.37. The van der Waals surface area contributed by atoms with Gasteiger partial charge in [-0.25, -0.2) is 8.42 Å². The molecule has 0 atom stereocenters. The summed E-state index contributed by atoms with van der Waals surface area (Å²) in [5, 5.41) is 0. The van der Waals surface area contributed by atoms with E-state index in [0.717, 1.165) is 12.5 Å². The molecule has 0 saturated heterocycles. The number of carbonyl (C=O) groups is 2. The Bertz CT molecular complexity index is 1010. The summed E-state index contributed by atoms with van der Waals surface area (Å²) in [7, 11) is -3.31. The molecule has 1 aliphatic heterocycles. The molecule has 0 spiro atoms. The first kappa shape index (κ1) is 18.1. The van der Waals surface area contributed by atoms with Gasteiger partial charge in [0.1, 0.15) is 12.0 Å². The second-order valence-corrected chi connectivity index (χ2v) is 8.70. The number of Topliss-reactive ketones (excluding diaryl/α,β-unsaturated/α-hetero) is 1. The fraction of sp³-hybridized carbons (Fsp3) is 0.200. The summed E-state index contributed by atoms with van der Waals surface area (Å²) in [6, 6.07) is 12.9. The molecule has 1 heterocycles. The van der Waals surface area contributed by atoms with Crippen LogP contribution < -0.4 is 0 Å². The first-order valence-corrected chi connectivity index (χ1v) is 9.87. The number of ether oxygens (including phenoxy) is 1. The van der Waals surface area contributed by atoms with Crippen LogP contribution in [0.15, 0.2) is 53.4 Å². The van der Waals surface area contributed by atoms with Crippen molar-refractivity contribution in [2.75, 3.05) is 6.26 Å². The first-order valence-electron chi connectivity index (χ1n) is 7.98. The molecule has 5 nitrogen and oxygen atoms in total. The van der Waals surface area contributed by atoms with Crippen molar-refractivity contribution < 1.29 is 22.7 Å². The van der Waals surface area contributed by atoms with Crippen molar-refractivity contribution in [3.63, 3.8) is 0 Å². The van der Waals surface area contributed by atoms with Crippen molar-refractivity contribution in [2.24, 2.45) is 0 Å². The largest absolute Gasteiger partial charge is 0.478 e. The Hall–Kier alpha value is -2.73. The van der Waals surface area contributed by atoms with Gasteiger partial charge in [-0.05, 0) is 43.7 Å². The standard InChI is InChI=1S/C20H18O5S/c1-20(2)19(22)17(14-6-4-13(12-21)5-7-14)18(25-20)15-8-10-16(11-9-15)26(3,23)24/h4-12H,1-3H3. The summed E-state index contributed by atoms with van der Waals surface area (Å²) in [6.07, 6.45) is 1.87. The highest BCUT2D eigenvalue weighted by molar-refractivity contribution is 7.90. The van der Waals surface area contributed by atoms with E-state index in [4.69, 9.17) is 4.74 Å². The van der Waals surface area contributed by atoms with Gasteiger partial charge in [-0.1, -0.05) is 24.3 Å². The van der Waals surface area contributed by atoms with Gasteiger partial charge in [-0.3, -0.25) is 9.59 Å². The molecule has 0 unspecified atom stereocenters. The summed E-state index contributed by atoms with van der Waals surface area (Å²) in [5.41, 5.74) is 1.17. The van der Waals surface area contributed by atoms with Crippen molar-refractivity contribution >= 4 is 33.2 Å². The third-order valence-electron chi connectivity index (χ3n) is 4.24. The summed E-state index contributed by atoms with van der Waals surface area (Å²) in [4.78, 5) is 23.9. The van der Waals surface area contributed by atoms with Crippen LogP contribution in [-0.4, -0.2) is 32.3 Å². The number of aldehydes is 1. The summed E-state index contributed by atoms with van der Waals surface area (Å²) in [5.74, 6) is 0.234. The molecule has 6 heteroatoms. The Labute approximate surface area is 152 Å². The van der Waals surface area contributed by atoms with Crippen LogP contribution >= 0.6 is 0 Å². The number of ketones is 1. The van der Waals surface area contributed by atoms with E-state index in [1.807, 2.05) is 0 Å². The van der Waals surface area contributed by atoms with Crippen LogP contribution in [0.4, 0.5) is 0 Å². The maximum absolute atomic E-state index is 12.8. The fourth-order valence-corrected chi connectivity index (χ4v) is 3.43. The molecule has 0 aliphatic carbocycles. The number of carbonyl (C=O) groups excluding carboxylic acids is 2. The van der Waals surface area contributed by atoms with Crippen LogP contribution in [0.5, 0.6) is 0 Å². The normalized spacial score (nSPS) is 16.5. The highest BCUT2D eigenvalue weighted by Gasteiger charge is 2.42. The molecule has 0 fully saturated rings. The number of sulfone groups is 1. The van der Waals surface area contributed by atoms with Gasteiger partial charge in [0.15, 0.2) is 15.4 Å². The highest BCUT2D eigenvalue weighted by Crippen LogP contribution is 2.41. The topological polar surface area (TPSA) is 77.5 Å². The smallest absolute Gasteiger partial charge is 0.210 e. The SMILES string of the molecule is CC1(C)OC(c2ccc(S(C)(=O)=O)cc2)=C(c2ccc(C=O)cc2)C1=O. The molecule has 0 amide bonds. The van der Waals surface area contributed by atoms with Gasteiger partial charge in [0.25, 0.3) is 0 Å². The van der Waals surface area contributed by atoms with Crippen LogP contribution in [0.25, 0.3) is 11.3 Å². The van der Waals surface area contributed by atoms with E-state index >= 15 is 0 Å². The zero-order valence-corrected chi connectivity index (χ0v) is 15.5. The molecule has 134 valence electrons. The van der Waals surface area contributed by atoms with Gasteiger partial charge in [0, 0.05) is 17.4 Å². The lowest BCUT2D eigenvalue weighted by molar-refractivity contribution is -0.125. The zero-order valence-electron chi connectivity index (χ0n) is 14.6. The minimum Gasteiger partial charge on any atom is -0.478 e. The van der Waals surface area contributed by atoms with E-state index in [-0.39, 0.29) is 10.7 Å². The van der Waals surface area contributed by atoms with Crippen LogP contribution in [-0.2, 0) is 19.4 Å². The van der Waals surface area contributed by atoms with Crippen LogP contribution in [0.3, 0.4) is 0 Å². The maximum Gasteiger partial charge on any atom is 0.210 e. The Kier molecular flexibility index (Phi) is 4.32. The highest BCUT2D eigenvalue weighted by atomic mass is 32.2. The summed E-state index contributed by atoms with van der Waals surface area (Å²) >= 11 is 0. The molecule has 0 N–H and O–H groups in total. The number of rotatable bonds is 4. The monoisotopic (exact) mass is 370 g/mol. The molecule has 0 bridgehead atoms. The Morgan fingerprint density at radius 2 is 1.46 bits per heavy atom. The van der Waals surface area contributed by atoms with E-state index in [9.17, 15) is 18.0 Å². The fourth-order valence-electron chi connectivity index (χ4n) is 2.80. The molecule has 2 aromatic rings. The number of hydrogen-bond donors (Lipinski definition) is 0. The van der Waals surface area contributed by atoms with Gasteiger partial charge in [-0.2, -0.15) is 0 Å². The van der Waals surface area contributed by atoms with E-state index < -0.39 is 15.4 Å². The van der Waals surface area contributed by atoms with E-state index in [0.29, 0.717) is 28.0 Å². The van der Waals surface area contributed by atoms with Gasteiger partial charge in [0.2, 0.25) is 5.78 Å². The second-order valence-electron chi connectivity index (χ2n) is 6.68. The summed E-state index contributed by atoms with van der Waals surface area (Å²) in [6.45, 7) is 3.37. The van der Waals surface area contributed by atoms with Crippen molar-refractivity contribution in [1.29, 1.82) is 0 Å². The first-order chi connectivity index (χ1) is 12.1. The quantitative estimate of drug-likeness (QED) is 0.773. The van der Waals surface area contributed by atoms with Crippen LogP contribution in [0.1, 0.15) is 35.3 Å². The zero-order chi connectivity index (χ0) is 19.1. The van der Waals surface area contributed by atoms with Gasteiger partial charge >= 0.3 is 0 Å². The number of benzene rings is 2. The molecule has 0 saturated carbocycles.